The molecule has 0 radical (unpaired) electrons. The minimum absolute atomic E-state index is 0.124. The average molecular weight is 276 g/mol. The lowest BCUT2D eigenvalue weighted by atomic mass is 10.0. The Balaban J connectivity index is 2.46. The van der Waals surface area contributed by atoms with Crippen molar-refractivity contribution in [3.8, 4) is 5.75 Å². The molecule has 2 aromatic rings. The molecular weight excluding hydrogens is 262 g/mol. The molecule has 2 rings (SSSR count). The fourth-order valence-corrected chi connectivity index (χ4v) is 1.84. The van der Waals surface area contributed by atoms with Crippen LogP contribution in [0.4, 0.5) is 8.78 Å². The highest BCUT2D eigenvalue weighted by Gasteiger charge is 2.20. The lowest BCUT2D eigenvalue weighted by Gasteiger charge is -2.13. The number of carbonyl (C=O) groups excluding carboxylic acids is 1. The summed E-state index contributed by atoms with van der Waals surface area (Å²) in [5.74, 6) is -2.43. The summed E-state index contributed by atoms with van der Waals surface area (Å²) < 4.78 is 32.4. The number of halogens is 2. The van der Waals surface area contributed by atoms with E-state index < -0.39 is 17.4 Å². The van der Waals surface area contributed by atoms with E-state index in [0.717, 1.165) is 6.07 Å². The summed E-state index contributed by atoms with van der Waals surface area (Å²) in [6.07, 6.45) is -0.124. The quantitative estimate of drug-likeness (QED) is 0.789. The van der Waals surface area contributed by atoms with Crippen LogP contribution in [-0.2, 0) is 0 Å². The molecule has 0 aliphatic carbocycles. The molecule has 0 heterocycles. The zero-order valence-electron chi connectivity index (χ0n) is 11.2. The van der Waals surface area contributed by atoms with E-state index in [-0.39, 0.29) is 17.2 Å². The van der Waals surface area contributed by atoms with Crippen LogP contribution in [0.5, 0.6) is 5.75 Å². The summed E-state index contributed by atoms with van der Waals surface area (Å²) in [4.78, 5) is 12.3. The third-order valence-electron chi connectivity index (χ3n) is 2.69. The van der Waals surface area contributed by atoms with Gasteiger partial charge in [-0.05, 0) is 38.1 Å². The zero-order chi connectivity index (χ0) is 14.7. The molecule has 0 fully saturated rings. The van der Waals surface area contributed by atoms with Gasteiger partial charge in [-0.25, -0.2) is 8.78 Å². The molecule has 0 bridgehead atoms. The van der Waals surface area contributed by atoms with E-state index in [1.165, 1.54) is 18.2 Å². The SMILES string of the molecule is CC(C)Oc1ccccc1C(=O)c1cccc(F)c1F. The summed E-state index contributed by atoms with van der Waals surface area (Å²) >= 11 is 0. The first-order chi connectivity index (χ1) is 9.50. The van der Waals surface area contributed by atoms with Gasteiger partial charge >= 0.3 is 0 Å². The molecule has 0 aliphatic heterocycles. The first-order valence-electron chi connectivity index (χ1n) is 6.25. The Labute approximate surface area is 116 Å². The Morgan fingerprint density at radius 3 is 2.35 bits per heavy atom. The summed E-state index contributed by atoms with van der Waals surface area (Å²) in [7, 11) is 0. The van der Waals surface area contributed by atoms with Crippen molar-refractivity contribution in [3.05, 3.63) is 65.2 Å². The maximum absolute atomic E-state index is 13.7. The molecule has 4 heteroatoms. The summed E-state index contributed by atoms with van der Waals surface area (Å²) in [6.45, 7) is 3.65. The Morgan fingerprint density at radius 1 is 1.00 bits per heavy atom. The van der Waals surface area contributed by atoms with Gasteiger partial charge in [-0.1, -0.05) is 18.2 Å². The van der Waals surface area contributed by atoms with Gasteiger partial charge in [0.1, 0.15) is 5.75 Å². The molecule has 0 saturated heterocycles. The third kappa shape index (κ3) is 2.85. The molecule has 0 N–H and O–H groups in total. The molecule has 20 heavy (non-hydrogen) atoms. The van der Waals surface area contributed by atoms with Crippen LogP contribution in [0.15, 0.2) is 42.5 Å². The number of benzene rings is 2. The second-order valence-corrected chi connectivity index (χ2v) is 4.59. The fraction of sp³-hybridized carbons (Fsp3) is 0.188. The van der Waals surface area contributed by atoms with Gasteiger partial charge in [0.05, 0.1) is 17.2 Å². The molecule has 2 aromatic carbocycles. The van der Waals surface area contributed by atoms with E-state index in [4.69, 9.17) is 4.74 Å². The number of hydrogen-bond acceptors (Lipinski definition) is 2. The van der Waals surface area contributed by atoms with Gasteiger partial charge in [-0.2, -0.15) is 0 Å². The third-order valence-corrected chi connectivity index (χ3v) is 2.69. The van der Waals surface area contributed by atoms with Crippen LogP contribution in [0.2, 0.25) is 0 Å². The fourth-order valence-electron chi connectivity index (χ4n) is 1.84. The van der Waals surface area contributed by atoms with Crippen molar-refractivity contribution in [2.45, 2.75) is 20.0 Å². The Kier molecular flexibility index (Phi) is 4.13. The largest absolute Gasteiger partial charge is 0.490 e. The van der Waals surface area contributed by atoms with Gasteiger partial charge in [0.25, 0.3) is 0 Å². The van der Waals surface area contributed by atoms with Gasteiger partial charge in [0.15, 0.2) is 17.4 Å². The number of ether oxygens (including phenoxy) is 1. The second kappa shape index (κ2) is 5.82. The minimum atomic E-state index is -1.14. The van der Waals surface area contributed by atoms with E-state index in [0.29, 0.717) is 5.75 Å². The molecule has 0 atom stereocenters. The normalized spacial score (nSPS) is 10.7. The first-order valence-corrected chi connectivity index (χ1v) is 6.25. The van der Waals surface area contributed by atoms with E-state index in [1.807, 2.05) is 13.8 Å². The van der Waals surface area contributed by atoms with Crippen molar-refractivity contribution in [1.82, 2.24) is 0 Å². The van der Waals surface area contributed by atoms with Crippen molar-refractivity contribution in [2.24, 2.45) is 0 Å². The smallest absolute Gasteiger partial charge is 0.199 e. The molecule has 0 unspecified atom stereocenters. The van der Waals surface area contributed by atoms with Crippen LogP contribution in [0, 0.1) is 11.6 Å². The number of para-hydroxylation sites is 1. The topological polar surface area (TPSA) is 26.3 Å². The van der Waals surface area contributed by atoms with Crippen LogP contribution in [0.1, 0.15) is 29.8 Å². The standard InChI is InChI=1S/C16H14F2O2/c1-10(2)20-14-9-4-3-6-11(14)16(19)12-7-5-8-13(17)15(12)18/h3-10H,1-2H3. The predicted molar refractivity (Wildman–Crippen MR) is 72.0 cm³/mol. The second-order valence-electron chi connectivity index (χ2n) is 4.59. The van der Waals surface area contributed by atoms with Crippen molar-refractivity contribution >= 4 is 5.78 Å². The highest BCUT2D eigenvalue weighted by molar-refractivity contribution is 6.10. The predicted octanol–water partition coefficient (Wildman–Crippen LogP) is 3.98. The van der Waals surface area contributed by atoms with Gasteiger partial charge in [0, 0.05) is 0 Å². The summed E-state index contributed by atoms with van der Waals surface area (Å²) in [6, 6.07) is 10.1. The van der Waals surface area contributed by atoms with Crippen LogP contribution in [0.3, 0.4) is 0 Å². The Morgan fingerprint density at radius 2 is 1.65 bits per heavy atom. The molecule has 2 nitrogen and oxygen atoms in total. The van der Waals surface area contributed by atoms with Crippen molar-refractivity contribution < 1.29 is 18.3 Å². The highest BCUT2D eigenvalue weighted by atomic mass is 19.2. The zero-order valence-corrected chi connectivity index (χ0v) is 11.2. The van der Waals surface area contributed by atoms with Gasteiger partial charge in [-0.3, -0.25) is 4.79 Å². The molecular formula is C16H14F2O2. The van der Waals surface area contributed by atoms with Crippen LogP contribution in [0.25, 0.3) is 0 Å². The first kappa shape index (κ1) is 14.2. The maximum atomic E-state index is 13.7. The number of ketones is 1. The maximum Gasteiger partial charge on any atom is 0.199 e. The summed E-state index contributed by atoms with van der Waals surface area (Å²) in [5, 5.41) is 0. The van der Waals surface area contributed by atoms with E-state index in [9.17, 15) is 13.6 Å². The molecule has 0 aromatic heterocycles. The molecule has 0 aliphatic rings. The molecule has 104 valence electrons. The van der Waals surface area contributed by atoms with Crippen molar-refractivity contribution in [2.75, 3.05) is 0 Å². The number of carbonyl (C=O) groups is 1. The number of rotatable bonds is 4. The van der Waals surface area contributed by atoms with Gasteiger partial charge in [0.2, 0.25) is 0 Å². The molecule has 0 spiro atoms. The van der Waals surface area contributed by atoms with Gasteiger partial charge in [-0.15, -0.1) is 0 Å². The Bertz CT molecular complexity index is 636. The summed E-state index contributed by atoms with van der Waals surface area (Å²) in [5.41, 5.74) is -0.0875. The van der Waals surface area contributed by atoms with E-state index in [1.54, 1.807) is 18.2 Å². The van der Waals surface area contributed by atoms with E-state index >= 15 is 0 Å². The monoisotopic (exact) mass is 276 g/mol. The lowest BCUT2D eigenvalue weighted by molar-refractivity contribution is 0.102. The minimum Gasteiger partial charge on any atom is -0.490 e. The van der Waals surface area contributed by atoms with Crippen LogP contribution < -0.4 is 4.74 Å². The van der Waals surface area contributed by atoms with Crippen molar-refractivity contribution in [3.63, 3.8) is 0 Å². The number of hydrogen-bond donors (Lipinski definition) is 0. The Hall–Kier alpha value is -2.23. The lowest BCUT2D eigenvalue weighted by Crippen LogP contribution is -2.12. The van der Waals surface area contributed by atoms with Gasteiger partial charge < -0.3 is 4.74 Å². The van der Waals surface area contributed by atoms with Crippen molar-refractivity contribution in [1.29, 1.82) is 0 Å². The molecule has 0 amide bonds. The average Bonchev–Trinajstić information content (AvgIpc) is 2.41. The van der Waals surface area contributed by atoms with Crippen LogP contribution >= 0.6 is 0 Å². The van der Waals surface area contributed by atoms with E-state index in [2.05, 4.69) is 0 Å². The molecule has 0 saturated carbocycles. The van der Waals surface area contributed by atoms with Crippen LogP contribution in [-0.4, -0.2) is 11.9 Å². The highest BCUT2D eigenvalue weighted by Crippen LogP contribution is 2.24.